The van der Waals surface area contributed by atoms with E-state index in [1.54, 1.807) is 12.4 Å². The lowest BCUT2D eigenvalue weighted by Crippen LogP contribution is -2.27. The fraction of sp³-hybridized carbons (Fsp3) is 0.200. The van der Waals surface area contributed by atoms with Crippen LogP contribution in [0.2, 0.25) is 0 Å². The molecule has 4 nitrogen and oxygen atoms in total. The molecule has 1 aliphatic rings. The molecule has 0 saturated carbocycles. The molecule has 0 fully saturated rings. The lowest BCUT2D eigenvalue weighted by atomic mass is 9.77. The first-order valence-corrected chi connectivity index (χ1v) is 7.88. The number of pyridine rings is 1. The van der Waals surface area contributed by atoms with Crippen molar-refractivity contribution in [2.75, 3.05) is 0 Å². The van der Waals surface area contributed by atoms with Crippen molar-refractivity contribution in [3.8, 4) is 0 Å². The van der Waals surface area contributed by atoms with E-state index >= 15 is 0 Å². The first-order valence-electron chi connectivity index (χ1n) is 7.88. The summed E-state index contributed by atoms with van der Waals surface area (Å²) in [5.41, 5.74) is 6.00. The monoisotopic (exact) mass is 320 g/mol. The van der Waals surface area contributed by atoms with Crippen LogP contribution in [0.1, 0.15) is 36.5 Å². The zero-order valence-electron chi connectivity index (χ0n) is 14.0. The molecule has 24 heavy (non-hydrogen) atoms. The van der Waals surface area contributed by atoms with Crippen LogP contribution in [0.15, 0.2) is 65.8 Å². The molecule has 1 aromatic carbocycles. The van der Waals surface area contributed by atoms with Crippen LogP contribution in [0.25, 0.3) is 5.57 Å². The van der Waals surface area contributed by atoms with Gasteiger partial charge in [-0.2, -0.15) is 0 Å². The van der Waals surface area contributed by atoms with Crippen LogP contribution < -0.4 is 5.32 Å². The third kappa shape index (κ3) is 2.71. The van der Waals surface area contributed by atoms with E-state index in [0.29, 0.717) is 11.3 Å². The molecule has 1 aliphatic heterocycles. The molecular weight excluding hydrogens is 300 g/mol. The fourth-order valence-corrected chi connectivity index (χ4v) is 3.40. The number of rotatable bonds is 3. The molecule has 0 saturated heterocycles. The molecule has 0 bridgehead atoms. The summed E-state index contributed by atoms with van der Waals surface area (Å²) < 4.78 is 0. The second kappa shape index (κ2) is 6.32. The van der Waals surface area contributed by atoms with Gasteiger partial charge in [-0.1, -0.05) is 30.3 Å². The van der Waals surface area contributed by atoms with Crippen molar-refractivity contribution in [3.05, 3.63) is 82.4 Å². The fourth-order valence-electron chi connectivity index (χ4n) is 3.40. The average Bonchev–Trinajstić information content (AvgIpc) is 2.55. The van der Waals surface area contributed by atoms with E-state index < -0.39 is 5.97 Å². The SMILES string of the molecule is CC1=C(C(=O)O)C(c2ccccc2C)C(c2cccnc2)=C(C)N1. The van der Waals surface area contributed by atoms with Gasteiger partial charge in [-0.25, -0.2) is 4.79 Å². The Hall–Kier alpha value is -2.88. The van der Waals surface area contributed by atoms with Crippen molar-refractivity contribution in [3.63, 3.8) is 0 Å². The molecule has 2 N–H and O–H groups in total. The Morgan fingerprint density at radius 1 is 1.08 bits per heavy atom. The van der Waals surface area contributed by atoms with E-state index in [4.69, 9.17) is 0 Å². The summed E-state index contributed by atoms with van der Waals surface area (Å²) in [4.78, 5) is 16.2. The summed E-state index contributed by atoms with van der Waals surface area (Å²) >= 11 is 0. The normalized spacial score (nSPS) is 17.7. The average molecular weight is 320 g/mol. The maximum absolute atomic E-state index is 12.0. The van der Waals surface area contributed by atoms with Crippen molar-refractivity contribution in [1.29, 1.82) is 0 Å². The van der Waals surface area contributed by atoms with E-state index in [9.17, 15) is 9.90 Å². The van der Waals surface area contributed by atoms with Gasteiger partial charge in [0.25, 0.3) is 0 Å². The van der Waals surface area contributed by atoms with Crippen LogP contribution >= 0.6 is 0 Å². The van der Waals surface area contributed by atoms with Crippen molar-refractivity contribution < 1.29 is 9.90 Å². The standard InChI is InChI=1S/C20H20N2O2/c1-12-7-4-5-9-16(12)19-17(15-8-6-10-21-11-15)13(2)22-14(3)18(19)20(23)24/h4-11,19,22H,1-3H3,(H,23,24). The highest BCUT2D eigenvalue weighted by atomic mass is 16.4. The van der Waals surface area contributed by atoms with Gasteiger partial charge < -0.3 is 10.4 Å². The van der Waals surface area contributed by atoms with E-state index in [2.05, 4.69) is 10.3 Å². The number of hydrogen-bond donors (Lipinski definition) is 2. The zero-order chi connectivity index (χ0) is 17.3. The molecule has 122 valence electrons. The Kier molecular flexibility index (Phi) is 4.21. The van der Waals surface area contributed by atoms with Gasteiger partial charge in [-0.3, -0.25) is 4.98 Å². The van der Waals surface area contributed by atoms with Crippen molar-refractivity contribution in [1.82, 2.24) is 10.3 Å². The predicted octanol–water partition coefficient (Wildman–Crippen LogP) is 3.87. The van der Waals surface area contributed by atoms with E-state index in [0.717, 1.165) is 28.0 Å². The first-order chi connectivity index (χ1) is 11.5. The quantitative estimate of drug-likeness (QED) is 0.901. The summed E-state index contributed by atoms with van der Waals surface area (Å²) in [6.45, 7) is 5.82. The Balaban J connectivity index is 2.28. The van der Waals surface area contributed by atoms with Gasteiger partial charge in [0.1, 0.15) is 0 Å². The number of benzene rings is 1. The number of nitrogens with one attached hydrogen (secondary N) is 1. The Bertz CT molecular complexity index is 851. The number of aryl methyl sites for hydroxylation is 1. The lowest BCUT2D eigenvalue weighted by Gasteiger charge is -2.31. The van der Waals surface area contributed by atoms with Crippen LogP contribution in [0.3, 0.4) is 0 Å². The molecule has 0 spiro atoms. The Morgan fingerprint density at radius 2 is 1.83 bits per heavy atom. The Labute approximate surface area is 141 Å². The van der Waals surface area contributed by atoms with E-state index in [1.165, 1.54) is 0 Å². The second-order valence-electron chi connectivity index (χ2n) is 6.04. The van der Waals surface area contributed by atoms with Gasteiger partial charge in [0.2, 0.25) is 0 Å². The van der Waals surface area contributed by atoms with Gasteiger partial charge in [0, 0.05) is 29.7 Å². The highest BCUT2D eigenvalue weighted by molar-refractivity contribution is 5.96. The molecule has 4 heteroatoms. The van der Waals surface area contributed by atoms with Gasteiger partial charge in [-0.15, -0.1) is 0 Å². The number of carboxylic acid groups (broad SMARTS) is 1. The minimum absolute atomic E-state index is 0.325. The summed E-state index contributed by atoms with van der Waals surface area (Å²) in [5, 5.41) is 13.1. The molecule has 2 aromatic rings. The molecule has 0 radical (unpaired) electrons. The highest BCUT2D eigenvalue weighted by Gasteiger charge is 2.34. The minimum atomic E-state index is -0.901. The van der Waals surface area contributed by atoms with Crippen LogP contribution in [0, 0.1) is 6.92 Å². The zero-order valence-corrected chi connectivity index (χ0v) is 14.0. The van der Waals surface area contributed by atoms with Crippen molar-refractivity contribution >= 4 is 11.5 Å². The number of carbonyl (C=O) groups is 1. The van der Waals surface area contributed by atoms with Crippen LogP contribution in [-0.4, -0.2) is 16.1 Å². The number of aromatic nitrogens is 1. The van der Waals surface area contributed by atoms with Gasteiger partial charge in [0.05, 0.1) is 5.57 Å². The summed E-state index contributed by atoms with van der Waals surface area (Å²) in [5.74, 6) is -1.23. The van der Waals surface area contributed by atoms with Gasteiger partial charge in [0.15, 0.2) is 0 Å². The Morgan fingerprint density at radius 3 is 2.46 bits per heavy atom. The number of hydrogen-bond acceptors (Lipinski definition) is 3. The molecule has 0 aliphatic carbocycles. The van der Waals surface area contributed by atoms with Crippen LogP contribution in [0.5, 0.6) is 0 Å². The number of dihydropyridines is 1. The second-order valence-corrected chi connectivity index (χ2v) is 6.04. The molecule has 1 atom stereocenters. The predicted molar refractivity (Wildman–Crippen MR) is 94.2 cm³/mol. The van der Waals surface area contributed by atoms with Gasteiger partial charge >= 0.3 is 5.97 Å². The van der Waals surface area contributed by atoms with Crippen LogP contribution in [0.4, 0.5) is 0 Å². The molecule has 3 rings (SSSR count). The summed E-state index contributed by atoms with van der Waals surface area (Å²) in [7, 11) is 0. The molecular formula is C20H20N2O2. The number of aliphatic carboxylic acids is 1. The van der Waals surface area contributed by atoms with Crippen LogP contribution in [-0.2, 0) is 4.79 Å². The molecule has 0 amide bonds. The number of nitrogens with zero attached hydrogens (tertiary/aromatic N) is 1. The molecule has 1 aromatic heterocycles. The summed E-state index contributed by atoms with van der Waals surface area (Å²) in [6, 6.07) is 11.8. The van der Waals surface area contributed by atoms with E-state index in [-0.39, 0.29) is 5.92 Å². The lowest BCUT2D eigenvalue weighted by molar-refractivity contribution is -0.132. The van der Waals surface area contributed by atoms with Crippen molar-refractivity contribution in [2.45, 2.75) is 26.7 Å². The minimum Gasteiger partial charge on any atom is -0.478 e. The highest BCUT2D eigenvalue weighted by Crippen LogP contribution is 2.43. The third-order valence-electron chi connectivity index (χ3n) is 4.46. The third-order valence-corrected chi connectivity index (χ3v) is 4.46. The maximum atomic E-state index is 12.0. The number of allylic oxidation sites excluding steroid dienone is 3. The largest absolute Gasteiger partial charge is 0.478 e. The number of carboxylic acids is 1. The van der Waals surface area contributed by atoms with Gasteiger partial charge in [-0.05, 0) is 49.1 Å². The molecule has 1 unspecified atom stereocenters. The first kappa shape index (κ1) is 16.0. The van der Waals surface area contributed by atoms with Crippen molar-refractivity contribution in [2.24, 2.45) is 0 Å². The molecule has 2 heterocycles. The van der Waals surface area contributed by atoms with E-state index in [1.807, 2.05) is 57.2 Å². The topological polar surface area (TPSA) is 62.2 Å². The maximum Gasteiger partial charge on any atom is 0.334 e. The summed E-state index contributed by atoms with van der Waals surface area (Å²) in [6.07, 6.45) is 3.50. The smallest absolute Gasteiger partial charge is 0.334 e.